The summed E-state index contributed by atoms with van der Waals surface area (Å²) in [6.45, 7) is 5.11. The fourth-order valence-corrected chi connectivity index (χ4v) is 2.47. The number of carbonyl (C=O) groups is 1. The van der Waals surface area contributed by atoms with Crippen LogP contribution in [0.2, 0.25) is 0 Å². The van der Waals surface area contributed by atoms with Crippen LogP contribution < -0.4 is 5.32 Å². The minimum atomic E-state index is 0.118. The zero-order valence-electron chi connectivity index (χ0n) is 12.1. The van der Waals surface area contributed by atoms with E-state index in [-0.39, 0.29) is 5.91 Å². The zero-order chi connectivity index (χ0) is 14.7. The minimum Gasteiger partial charge on any atom is -0.441 e. The molecule has 5 heteroatoms. The molecule has 0 unspecified atom stereocenters. The van der Waals surface area contributed by atoms with Gasteiger partial charge >= 0.3 is 0 Å². The fraction of sp³-hybridized carbons (Fsp3) is 0.375. The summed E-state index contributed by atoms with van der Waals surface area (Å²) < 4.78 is 5.69. The van der Waals surface area contributed by atoms with E-state index in [0.717, 1.165) is 43.2 Å². The van der Waals surface area contributed by atoms with Gasteiger partial charge in [0.2, 0.25) is 11.8 Å². The molecule has 110 valence electrons. The van der Waals surface area contributed by atoms with Crippen LogP contribution in [0.5, 0.6) is 0 Å². The summed E-state index contributed by atoms with van der Waals surface area (Å²) in [5, 5.41) is 3.24. The number of benzene rings is 1. The van der Waals surface area contributed by atoms with Crippen LogP contribution in [0.15, 0.2) is 34.7 Å². The third-order valence-electron chi connectivity index (χ3n) is 3.70. The van der Waals surface area contributed by atoms with Crippen LogP contribution in [0.3, 0.4) is 0 Å². The molecule has 2 heterocycles. The van der Waals surface area contributed by atoms with Gasteiger partial charge in [-0.3, -0.25) is 4.79 Å². The number of piperazine rings is 1. The van der Waals surface area contributed by atoms with E-state index in [1.807, 2.05) is 42.2 Å². The molecule has 3 rings (SSSR count). The first kappa shape index (κ1) is 13.8. The number of amides is 1. The normalized spacial score (nSPS) is 15.2. The number of carbonyl (C=O) groups excluding carboxylic acids is 1. The van der Waals surface area contributed by atoms with E-state index in [0.29, 0.717) is 12.3 Å². The molecule has 1 saturated heterocycles. The van der Waals surface area contributed by atoms with Crippen LogP contribution >= 0.6 is 0 Å². The summed E-state index contributed by atoms with van der Waals surface area (Å²) in [7, 11) is 0. The molecule has 1 fully saturated rings. The van der Waals surface area contributed by atoms with Gasteiger partial charge in [-0.25, -0.2) is 4.98 Å². The number of aryl methyl sites for hydroxylation is 1. The molecule has 1 aromatic heterocycles. The Balaban J connectivity index is 1.74. The smallest absolute Gasteiger partial charge is 0.228 e. The first-order valence-electron chi connectivity index (χ1n) is 7.24. The van der Waals surface area contributed by atoms with Crippen molar-refractivity contribution in [2.24, 2.45) is 0 Å². The van der Waals surface area contributed by atoms with Crippen LogP contribution in [0.4, 0.5) is 0 Å². The summed E-state index contributed by atoms with van der Waals surface area (Å²) in [6.07, 6.45) is 0.308. The van der Waals surface area contributed by atoms with Crippen molar-refractivity contribution in [1.29, 1.82) is 0 Å². The summed E-state index contributed by atoms with van der Waals surface area (Å²) in [6, 6.07) is 9.75. The predicted molar refractivity (Wildman–Crippen MR) is 79.8 cm³/mol. The van der Waals surface area contributed by atoms with Gasteiger partial charge in [0, 0.05) is 31.7 Å². The molecule has 1 aliphatic heterocycles. The molecule has 1 amide bonds. The quantitative estimate of drug-likeness (QED) is 0.931. The molecule has 0 aliphatic carbocycles. The molecule has 0 radical (unpaired) electrons. The number of nitrogens with one attached hydrogen (secondary N) is 1. The van der Waals surface area contributed by atoms with Gasteiger partial charge in [0.15, 0.2) is 0 Å². The van der Waals surface area contributed by atoms with Crippen molar-refractivity contribution < 1.29 is 9.21 Å². The number of aromatic nitrogens is 1. The molecule has 1 aliphatic rings. The lowest BCUT2D eigenvalue weighted by Gasteiger charge is -2.27. The molecular weight excluding hydrogens is 266 g/mol. The van der Waals surface area contributed by atoms with E-state index in [4.69, 9.17) is 4.42 Å². The van der Waals surface area contributed by atoms with E-state index >= 15 is 0 Å². The first-order valence-corrected chi connectivity index (χ1v) is 7.24. The van der Waals surface area contributed by atoms with Crippen LogP contribution in [0, 0.1) is 6.92 Å². The highest BCUT2D eigenvalue weighted by atomic mass is 16.4. The number of hydrogen-bond donors (Lipinski definition) is 1. The lowest BCUT2D eigenvalue weighted by Crippen LogP contribution is -2.47. The van der Waals surface area contributed by atoms with Crippen molar-refractivity contribution in [1.82, 2.24) is 15.2 Å². The molecule has 5 nitrogen and oxygen atoms in total. The van der Waals surface area contributed by atoms with Crippen molar-refractivity contribution in [2.75, 3.05) is 26.2 Å². The van der Waals surface area contributed by atoms with Crippen molar-refractivity contribution in [2.45, 2.75) is 13.3 Å². The summed E-state index contributed by atoms with van der Waals surface area (Å²) in [5.41, 5.74) is 1.67. The second kappa shape index (κ2) is 6.10. The highest BCUT2D eigenvalue weighted by Crippen LogP contribution is 2.21. The lowest BCUT2D eigenvalue weighted by atomic mass is 10.2. The van der Waals surface area contributed by atoms with Gasteiger partial charge in [-0.1, -0.05) is 18.2 Å². The largest absolute Gasteiger partial charge is 0.441 e. The standard InChI is InChI=1S/C16H19N3O2/c1-12-14(11-15(20)19-9-7-17-8-10-19)18-16(21-12)13-5-3-2-4-6-13/h2-6,17H,7-11H2,1H3. The molecule has 0 spiro atoms. The van der Waals surface area contributed by atoms with E-state index in [1.165, 1.54) is 0 Å². The van der Waals surface area contributed by atoms with Gasteiger partial charge < -0.3 is 14.6 Å². The van der Waals surface area contributed by atoms with Crippen LogP contribution in [0.25, 0.3) is 11.5 Å². The Morgan fingerprint density at radius 1 is 1.29 bits per heavy atom. The van der Waals surface area contributed by atoms with Crippen LogP contribution in [0.1, 0.15) is 11.5 Å². The Hall–Kier alpha value is -2.14. The van der Waals surface area contributed by atoms with E-state index in [9.17, 15) is 4.79 Å². The SMILES string of the molecule is Cc1oc(-c2ccccc2)nc1CC(=O)N1CCNCC1. The molecule has 21 heavy (non-hydrogen) atoms. The third-order valence-corrected chi connectivity index (χ3v) is 3.70. The zero-order valence-corrected chi connectivity index (χ0v) is 12.1. The lowest BCUT2D eigenvalue weighted by molar-refractivity contribution is -0.131. The van der Waals surface area contributed by atoms with Crippen molar-refractivity contribution in [3.05, 3.63) is 41.8 Å². The highest BCUT2D eigenvalue weighted by molar-refractivity contribution is 5.78. The predicted octanol–water partition coefficient (Wildman–Crippen LogP) is 1.62. The number of hydrogen-bond acceptors (Lipinski definition) is 4. The van der Waals surface area contributed by atoms with Crippen molar-refractivity contribution in [3.63, 3.8) is 0 Å². The molecule has 1 aromatic carbocycles. The topological polar surface area (TPSA) is 58.4 Å². The summed E-state index contributed by atoms with van der Waals surface area (Å²) >= 11 is 0. The van der Waals surface area contributed by atoms with E-state index < -0.39 is 0 Å². The Labute approximate surface area is 124 Å². The number of rotatable bonds is 3. The maximum atomic E-state index is 12.3. The van der Waals surface area contributed by atoms with Gasteiger partial charge in [-0.15, -0.1) is 0 Å². The van der Waals surface area contributed by atoms with Gasteiger partial charge in [-0.05, 0) is 19.1 Å². The average Bonchev–Trinajstić information content (AvgIpc) is 2.90. The minimum absolute atomic E-state index is 0.118. The Kier molecular flexibility index (Phi) is 4.01. The second-order valence-corrected chi connectivity index (χ2v) is 5.20. The average molecular weight is 285 g/mol. The Morgan fingerprint density at radius 3 is 2.71 bits per heavy atom. The van der Waals surface area contributed by atoms with Crippen molar-refractivity contribution in [3.8, 4) is 11.5 Å². The monoisotopic (exact) mass is 285 g/mol. The summed E-state index contributed by atoms with van der Waals surface area (Å²) in [4.78, 5) is 18.6. The van der Waals surface area contributed by atoms with Gasteiger partial charge in [0.05, 0.1) is 12.1 Å². The molecule has 0 bridgehead atoms. The van der Waals surface area contributed by atoms with Gasteiger partial charge in [-0.2, -0.15) is 0 Å². The van der Waals surface area contributed by atoms with Gasteiger partial charge in [0.25, 0.3) is 0 Å². The van der Waals surface area contributed by atoms with E-state index in [1.54, 1.807) is 0 Å². The van der Waals surface area contributed by atoms with E-state index in [2.05, 4.69) is 10.3 Å². The van der Waals surface area contributed by atoms with Crippen LogP contribution in [-0.2, 0) is 11.2 Å². The maximum Gasteiger partial charge on any atom is 0.228 e. The second-order valence-electron chi connectivity index (χ2n) is 5.20. The van der Waals surface area contributed by atoms with Gasteiger partial charge in [0.1, 0.15) is 5.76 Å². The fourth-order valence-electron chi connectivity index (χ4n) is 2.47. The Morgan fingerprint density at radius 2 is 2.00 bits per heavy atom. The summed E-state index contributed by atoms with van der Waals surface area (Å²) in [5.74, 6) is 1.42. The number of oxazole rings is 1. The molecule has 0 saturated carbocycles. The first-order chi connectivity index (χ1) is 10.2. The third kappa shape index (κ3) is 3.13. The molecule has 1 N–H and O–H groups in total. The highest BCUT2D eigenvalue weighted by Gasteiger charge is 2.20. The molecular formula is C16H19N3O2. The van der Waals surface area contributed by atoms with Crippen molar-refractivity contribution >= 4 is 5.91 Å². The van der Waals surface area contributed by atoms with Crippen LogP contribution in [-0.4, -0.2) is 42.0 Å². The Bertz CT molecular complexity index is 616. The maximum absolute atomic E-state index is 12.3. The molecule has 0 atom stereocenters. The molecule has 2 aromatic rings. The number of nitrogens with zero attached hydrogens (tertiary/aromatic N) is 2.